The topological polar surface area (TPSA) is 83.0 Å². The SMILES string of the molecule is CCOC(=O)C1=C(C)N=c2sc(=Cc3ccc(-c4ccc(Br)cc4)o3)c(=O)n2C1c1ccccc1OC(C)C. The van der Waals surface area contributed by atoms with Gasteiger partial charge >= 0.3 is 5.97 Å². The van der Waals surface area contributed by atoms with Crippen LogP contribution in [0.5, 0.6) is 5.75 Å². The number of aromatic nitrogens is 1. The first kappa shape index (κ1) is 26.9. The lowest BCUT2D eigenvalue weighted by Gasteiger charge is -2.26. The van der Waals surface area contributed by atoms with Gasteiger partial charge in [0, 0.05) is 21.7 Å². The van der Waals surface area contributed by atoms with Gasteiger partial charge in [-0.1, -0.05) is 57.6 Å². The molecule has 0 amide bonds. The van der Waals surface area contributed by atoms with Crippen LogP contribution >= 0.6 is 27.3 Å². The van der Waals surface area contributed by atoms with Gasteiger partial charge in [-0.3, -0.25) is 9.36 Å². The molecular formula is C30H27BrN2O5S. The van der Waals surface area contributed by atoms with Crippen LogP contribution in [0.4, 0.5) is 0 Å². The summed E-state index contributed by atoms with van der Waals surface area (Å²) in [5, 5.41) is 0. The van der Waals surface area contributed by atoms with Gasteiger partial charge in [-0.2, -0.15) is 0 Å². The number of carbonyl (C=O) groups excluding carboxylic acids is 1. The van der Waals surface area contributed by atoms with E-state index in [1.165, 1.54) is 11.3 Å². The molecular weight excluding hydrogens is 580 g/mol. The van der Waals surface area contributed by atoms with Crippen LogP contribution in [0, 0.1) is 0 Å². The van der Waals surface area contributed by atoms with Crippen LogP contribution in [-0.2, 0) is 9.53 Å². The molecule has 3 heterocycles. The number of nitrogens with zero attached hydrogens (tertiary/aromatic N) is 2. The first-order chi connectivity index (χ1) is 18.8. The normalized spacial score (nSPS) is 15.3. The highest BCUT2D eigenvalue weighted by atomic mass is 79.9. The van der Waals surface area contributed by atoms with E-state index in [1.807, 2.05) is 74.5 Å². The van der Waals surface area contributed by atoms with Crippen molar-refractivity contribution in [3.8, 4) is 17.1 Å². The molecule has 7 nitrogen and oxygen atoms in total. The zero-order valence-electron chi connectivity index (χ0n) is 21.9. The molecule has 39 heavy (non-hydrogen) atoms. The average molecular weight is 608 g/mol. The Morgan fingerprint density at radius 3 is 2.62 bits per heavy atom. The molecule has 0 fully saturated rings. The van der Waals surface area contributed by atoms with Crippen LogP contribution in [0.15, 0.2) is 90.6 Å². The standard InChI is InChI=1S/C30H27BrN2O5S/c1-5-36-29(35)26-18(4)32-30-33(27(26)22-8-6-7-9-24(22)37-17(2)3)28(34)25(39-30)16-21-14-15-23(38-21)19-10-12-20(31)13-11-19/h6-17,27H,5H2,1-4H3. The van der Waals surface area contributed by atoms with Crippen molar-refractivity contribution in [1.29, 1.82) is 0 Å². The lowest BCUT2D eigenvalue weighted by Crippen LogP contribution is -2.40. The number of thiazole rings is 1. The van der Waals surface area contributed by atoms with E-state index in [9.17, 15) is 9.59 Å². The summed E-state index contributed by atoms with van der Waals surface area (Å²) in [5.74, 6) is 1.32. The summed E-state index contributed by atoms with van der Waals surface area (Å²) in [6.07, 6.45) is 1.61. The zero-order chi connectivity index (χ0) is 27.7. The van der Waals surface area contributed by atoms with E-state index in [-0.39, 0.29) is 18.3 Å². The second-order valence-corrected chi connectivity index (χ2v) is 11.1. The molecule has 2 aromatic carbocycles. The molecule has 0 spiro atoms. The molecule has 0 radical (unpaired) electrons. The minimum Gasteiger partial charge on any atom is -0.491 e. The fraction of sp³-hybridized carbons (Fsp3) is 0.233. The number of hydrogen-bond acceptors (Lipinski definition) is 7. The van der Waals surface area contributed by atoms with Crippen LogP contribution in [0.25, 0.3) is 17.4 Å². The van der Waals surface area contributed by atoms with E-state index in [2.05, 4.69) is 20.9 Å². The van der Waals surface area contributed by atoms with Crippen molar-refractivity contribution in [2.45, 2.75) is 39.8 Å². The fourth-order valence-electron chi connectivity index (χ4n) is 4.48. The number of allylic oxidation sites excluding steroid dienone is 1. The number of para-hydroxylation sites is 1. The molecule has 0 saturated heterocycles. The van der Waals surface area contributed by atoms with Gasteiger partial charge in [-0.25, -0.2) is 9.79 Å². The molecule has 9 heteroatoms. The Labute approximate surface area is 237 Å². The number of halogens is 1. The summed E-state index contributed by atoms with van der Waals surface area (Å²) in [6, 6.07) is 18.2. The Balaban J connectivity index is 1.66. The van der Waals surface area contributed by atoms with Crippen LogP contribution in [0.1, 0.15) is 45.1 Å². The molecule has 2 aromatic heterocycles. The molecule has 0 bridgehead atoms. The van der Waals surface area contributed by atoms with E-state index >= 15 is 0 Å². The predicted octanol–water partition coefficient (Wildman–Crippen LogP) is 5.61. The van der Waals surface area contributed by atoms with E-state index < -0.39 is 12.0 Å². The highest BCUT2D eigenvalue weighted by Crippen LogP contribution is 2.36. The number of fused-ring (bicyclic) bond motifs is 1. The zero-order valence-corrected chi connectivity index (χ0v) is 24.3. The summed E-state index contributed by atoms with van der Waals surface area (Å²) in [5.41, 5.74) is 2.15. The van der Waals surface area contributed by atoms with Gasteiger partial charge in [0.05, 0.1) is 28.5 Å². The Morgan fingerprint density at radius 1 is 1.15 bits per heavy atom. The summed E-state index contributed by atoms with van der Waals surface area (Å²) in [7, 11) is 0. The van der Waals surface area contributed by atoms with Crippen molar-refractivity contribution in [1.82, 2.24) is 4.57 Å². The van der Waals surface area contributed by atoms with Gasteiger partial charge in [0.1, 0.15) is 23.3 Å². The van der Waals surface area contributed by atoms with Crippen molar-refractivity contribution < 1.29 is 18.7 Å². The Hall–Kier alpha value is -3.69. The molecule has 1 unspecified atom stereocenters. The second-order valence-electron chi connectivity index (χ2n) is 9.22. The molecule has 4 aromatic rings. The van der Waals surface area contributed by atoms with Crippen molar-refractivity contribution in [2.75, 3.05) is 6.61 Å². The third kappa shape index (κ3) is 5.42. The number of furan rings is 1. The van der Waals surface area contributed by atoms with E-state index in [4.69, 9.17) is 13.9 Å². The number of rotatable bonds is 7. The third-order valence-electron chi connectivity index (χ3n) is 6.12. The van der Waals surface area contributed by atoms with Gasteiger partial charge in [0.2, 0.25) is 0 Å². The maximum absolute atomic E-state index is 13.9. The minimum absolute atomic E-state index is 0.100. The van der Waals surface area contributed by atoms with Gasteiger partial charge in [0.25, 0.3) is 5.56 Å². The van der Waals surface area contributed by atoms with Gasteiger partial charge < -0.3 is 13.9 Å². The first-order valence-corrected chi connectivity index (χ1v) is 14.2. The van der Waals surface area contributed by atoms with Crippen molar-refractivity contribution >= 4 is 39.3 Å². The largest absolute Gasteiger partial charge is 0.491 e. The van der Waals surface area contributed by atoms with E-state index in [0.29, 0.717) is 43.4 Å². The van der Waals surface area contributed by atoms with Crippen LogP contribution in [0.3, 0.4) is 0 Å². The Bertz CT molecular complexity index is 1740. The van der Waals surface area contributed by atoms with Crippen LogP contribution in [-0.4, -0.2) is 23.2 Å². The average Bonchev–Trinajstić information content (AvgIpc) is 3.48. The first-order valence-electron chi connectivity index (χ1n) is 12.6. The molecule has 5 rings (SSSR count). The lowest BCUT2D eigenvalue weighted by atomic mass is 9.95. The number of ether oxygens (including phenoxy) is 2. The third-order valence-corrected chi connectivity index (χ3v) is 7.63. The van der Waals surface area contributed by atoms with Gasteiger partial charge in [0.15, 0.2) is 4.80 Å². The molecule has 0 saturated carbocycles. The van der Waals surface area contributed by atoms with E-state index in [1.54, 1.807) is 24.5 Å². The van der Waals surface area contributed by atoms with Crippen molar-refractivity contribution in [3.05, 3.63) is 107 Å². The van der Waals surface area contributed by atoms with Crippen molar-refractivity contribution in [3.63, 3.8) is 0 Å². The van der Waals surface area contributed by atoms with Crippen LogP contribution < -0.4 is 19.6 Å². The predicted molar refractivity (Wildman–Crippen MR) is 154 cm³/mol. The summed E-state index contributed by atoms with van der Waals surface area (Å²) < 4.78 is 20.5. The van der Waals surface area contributed by atoms with Gasteiger partial charge in [-0.05, 0) is 58.0 Å². The van der Waals surface area contributed by atoms with E-state index in [0.717, 1.165) is 10.0 Å². The maximum atomic E-state index is 13.9. The molecule has 1 atom stereocenters. The Morgan fingerprint density at radius 2 is 1.90 bits per heavy atom. The maximum Gasteiger partial charge on any atom is 0.338 e. The molecule has 1 aliphatic rings. The highest BCUT2D eigenvalue weighted by Gasteiger charge is 2.35. The van der Waals surface area contributed by atoms with Crippen molar-refractivity contribution in [2.24, 2.45) is 4.99 Å². The number of esters is 1. The smallest absolute Gasteiger partial charge is 0.338 e. The lowest BCUT2D eigenvalue weighted by molar-refractivity contribution is -0.139. The summed E-state index contributed by atoms with van der Waals surface area (Å²) in [4.78, 5) is 32.2. The summed E-state index contributed by atoms with van der Waals surface area (Å²) in [6.45, 7) is 7.58. The molecule has 1 aliphatic heterocycles. The number of benzene rings is 2. The monoisotopic (exact) mass is 606 g/mol. The minimum atomic E-state index is -0.757. The number of hydrogen-bond donors (Lipinski definition) is 0. The molecule has 0 aliphatic carbocycles. The fourth-order valence-corrected chi connectivity index (χ4v) is 5.77. The number of carbonyl (C=O) groups is 1. The quantitative estimate of drug-likeness (QED) is 0.255. The van der Waals surface area contributed by atoms with Crippen LogP contribution in [0.2, 0.25) is 0 Å². The molecule has 200 valence electrons. The molecule has 0 N–H and O–H groups in total. The summed E-state index contributed by atoms with van der Waals surface area (Å²) >= 11 is 4.69. The Kier molecular flexibility index (Phi) is 7.72. The van der Waals surface area contributed by atoms with Gasteiger partial charge in [-0.15, -0.1) is 0 Å². The highest BCUT2D eigenvalue weighted by molar-refractivity contribution is 9.10. The second kappa shape index (κ2) is 11.2.